The van der Waals surface area contributed by atoms with Crippen molar-refractivity contribution >= 4 is 6.03 Å². The maximum atomic E-state index is 12.0. The lowest BCUT2D eigenvalue weighted by Crippen LogP contribution is -2.43. The Labute approximate surface area is 144 Å². The monoisotopic (exact) mass is 331 g/mol. The molecule has 1 atom stereocenters. The average molecular weight is 331 g/mol. The minimum atomic E-state index is -0.0363. The normalized spacial score (nSPS) is 20.0. The van der Waals surface area contributed by atoms with Crippen LogP contribution in [0.3, 0.4) is 0 Å². The van der Waals surface area contributed by atoms with E-state index in [0.717, 1.165) is 31.7 Å². The number of rotatable bonds is 6. The van der Waals surface area contributed by atoms with E-state index in [1.54, 1.807) is 7.11 Å². The van der Waals surface area contributed by atoms with Crippen molar-refractivity contribution in [1.82, 2.24) is 15.5 Å². The standard InChI is InChI=1S/C19H29N3O2/c1-24-17-10-6-15(7-11-17)18(22-12-4-2-3-5-13-22)14-20-19(23)21-16-8-9-16/h6-7,10-11,16,18H,2-5,8-9,12-14H2,1H3,(H2,20,21,23). The smallest absolute Gasteiger partial charge is 0.315 e. The zero-order chi connectivity index (χ0) is 16.8. The number of hydrogen-bond acceptors (Lipinski definition) is 3. The van der Waals surface area contributed by atoms with Crippen LogP contribution in [-0.4, -0.2) is 43.7 Å². The summed E-state index contributed by atoms with van der Waals surface area (Å²) >= 11 is 0. The second-order valence-corrected chi connectivity index (χ2v) is 6.87. The van der Waals surface area contributed by atoms with Crippen LogP contribution in [0, 0.1) is 0 Å². The van der Waals surface area contributed by atoms with Gasteiger partial charge in [-0.1, -0.05) is 25.0 Å². The van der Waals surface area contributed by atoms with E-state index in [9.17, 15) is 4.79 Å². The molecule has 2 N–H and O–H groups in total. The minimum absolute atomic E-state index is 0.0363. The van der Waals surface area contributed by atoms with E-state index < -0.39 is 0 Å². The highest BCUT2D eigenvalue weighted by molar-refractivity contribution is 5.74. The van der Waals surface area contributed by atoms with E-state index in [2.05, 4.69) is 27.7 Å². The van der Waals surface area contributed by atoms with Gasteiger partial charge in [0, 0.05) is 12.6 Å². The van der Waals surface area contributed by atoms with Gasteiger partial charge in [0.05, 0.1) is 13.2 Å². The molecule has 5 nitrogen and oxygen atoms in total. The molecule has 0 aromatic heterocycles. The summed E-state index contributed by atoms with van der Waals surface area (Å²) in [5.41, 5.74) is 1.24. The highest BCUT2D eigenvalue weighted by Gasteiger charge is 2.25. The highest BCUT2D eigenvalue weighted by atomic mass is 16.5. The summed E-state index contributed by atoms with van der Waals surface area (Å²) < 4.78 is 5.27. The van der Waals surface area contributed by atoms with Crippen molar-refractivity contribution in [1.29, 1.82) is 0 Å². The lowest BCUT2D eigenvalue weighted by molar-refractivity contribution is 0.196. The number of amides is 2. The first-order valence-corrected chi connectivity index (χ1v) is 9.18. The van der Waals surface area contributed by atoms with Gasteiger partial charge in [0.15, 0.2) is 0 Å². The van der Waals surface area contributed by atoms with Gasteiger partial charge in [0.25, 0.3) is 0 Å². The molecule has 2 fully saturated rings. The molecule has 132 valence electrons. The third-order valence-electron chi connectivity index (χ3n) is 4.95. The van der Waals surface area contributed by atoms with Crippen LogP contribution < -0.4 is 15.4 Å². The summed E-state index contributed by atoms with van der Waals surface area (Å²) in [4.78, 5) is 14.5. The molecule has 2 amide bonds. The zero-order valence-electron chi connectivity index (χ0n) is 14.6. The molecule has 1 unspecified atom stereocenters. The first kappa shape index (κ1) is 17.1. The van der Waals surface area contributed by atoms with Gasteiger partial charge in [-0.3, -0.25) is 4.90 Å². The van der Waals surface area contributed by atoms with Crippen molar-refractivity contribution < 1.29 is 9.53 Å². The van der Waals surface area contributed by atoms with E-state index >= 15 is 0 Å². The van der Waals surface area contributed by atoms with Crippen LogP contribution in [-0.2, 0) is 0 Å². The number of nitrogens with zero attached hydrogens (tertiary/aromatic N) is 1. The highest BCUT2D eigenvalue weighted by Crippen LogP contribution is 2.25. The van der Waals surface area contributed by atoms with Crippen molar-refractivity contribution in [2.75, 3.05) is 26.7 Å². The summed E-state index contributed by atoms with van der Waals surface area (Å²) in [6, 6.07) is 8.82. The van der Waals surface area contributed by atoms with E-state index in [1.165, 1.54) is 31.2 Å². The first-order chi connectivity index (χ1) is 11.8. The second kappa shape index (κ2) is 8.38. The maximum Gasteiger partial charge on any atom is 0.315 e. The van der Waals surface area contributed by atoms with Crippen LogP contribution in [0.15, 0.2) is 24.3 Å². The summed E-state index contributed by atoms with van der Waals surface area (Å²) in [6.07, 6.45) is 7.31. The zero-order valence-corrected chi connectivity index (χ0v) is 14.6. The van der Waals surface area contributed by atoms with Crippen LogP contribution in [0.5, 0.6) is 5.75 Å². The number of nitrogens with one attached hydrogen (secondary N) is 2. The number of carbonyl (C=O) groups is 1. The Morgan fingerprint density at radius 3 is 2.42 bits per heavy atom. The average Bonchev–Trinajstić information content (AvgIpc) is 3.43. The van der Waals surface area contributed by atoms with Crippen LogP contribution in [0.1, 0.15) is 50.1 Å². The summed E-state index contributed by atoms with van der Waals surface area (Å²) in [7, 11) is 1.69. The third kappa shape index (κ3) is 4.87. The van der Waals surface area contributed by atoms with Crippen LogP contribution in [0.4, 0.5) is 4.79 Å². The SMILES string of the molecule is COc1ccc(C(CNC(=O)NC2CC2)N2CCCCCC2)cc1. The number of hydrogen-bond donors (Lipinski definition) is 2. The predicted molar refractivity (Wildman–Crippen MR) is 95.3 cm³/mol. The Morgan fingerprint density at radius 1 is 1.17 bits per heavy atom. The van der Waals surface area contributed by atoms with E-state index in [4.69, 9.17) is 4.74 Å². The fourth-order valence-corrected chi connectivity index (χ4v) is 3.34. The lowest BCUT2D eigenvalue weighted by atomic mass is 10.0. The molecular weight excluding hydrogens is 302 g/mol. The van der Waals surface area contributed by atoms with E-state index in [1.807, 2.05) is 12.1 Å². The first-order valence-electron chi connectivity index (χ1n) is 9.18. The number of carbonyl (C=O) groups excluding carboxylic acids is 1. The predicted octanol–water partition coefficient (Wildman–Crippen LogP) is 3.07. The molecule has 1 aromatic rings. The van der Waals surface area contributed by atoms with Crippen molar-refractivity contribution in [2.24, 2.45) is 0 Å². The molecule has 24 heavy (non-hydrogen) atoms. The van der Waals surface area contributed by atoms with Crippen molar-refractivity contribution in [3.05, 3.63) is 29.8 Å². The number of methoxy groups -OCH3 is 1. The van der Waals surface area contributed by atoms with E-state index in [0.29, 0.717) is 12.6 Å². The molecule has 0 bridgehead atoms. The quantitative estimate of drug-likeness (QED) is 0.842. The van der Waals surface area contributed by atoms with Gasteiger partial charge in [-0.25, -0.2) is 4.79 Å². The van der Waals surface area contributed by atoms with E-state index in [-0.39, 0.29) is 12.1 Å². The molecule has 1 aliphatic heterocycles. The molecule has 5 heteroatoms. The van der Waals surface area contributed by atoms with Gasteiger partial charge in [0.1, 0.15) is 5.75 Å². The summed E-state index contributed by atoms with van der Waals surface area (Å²) in [5, 5.41) is 6.08. The fraction of sp³-hybridized carbons (Fsp3) is 0.632. The number of likely N-dealkylation sites (tertiary alicyclic amines) is 1. The van der Waals surface area contributed by atoms with Crippen molar-refractivity contribution in [2.45, 2.75) is 50.6 Å². The largest absolute Gasteiger partial charge is 0.497 e. The van der Waals surface area contributed by atoms with Gasteiger partial charge < -0.3 is 15.4 Å². The molecular formula is C19H29N3O2. The maximum absolute atomic E-state index is 12.0. The van der Waals surface area contributed by atoms with Gasteiger partial charge in [-0.05, 0) is 56.5 Å². The molecule has 1 heterocycles. The molecule has 1 saturated carbocycles. The number of urea groups is 1. The van der Waals surface area contributed by atoms with Crippen LogP contribution in [0.2, 0.25) is 0 Å². The molecule has 1 aromatic carbocycles. The Bertz CT molecular complexity index is 520. The Balaban J connectivity index is 1.67. The summed E-state index contributed by atoms with van der Waals surface area (Å²) in [5.74, 6) is 0.868. The minimum Gasteiger partial charge on any atom is -0.497 e. The topological polar surface area (TPSA) is 53.6 Å². The van der Waals surface area contributed by atoms with Gasteiger partial charge in [0.2, 0.25) is 0 Å². The number of ether oxygens (including phenoxy) is 1. The Kier molecular flexibility index (Phi) is 5.96. The number of benzene rings is 1. The van der Waals surface area contributed by atoms with Gasteiger partial charge >= 0.3 is 6.03 Å². The van der Waals surface area contributed by atoms with Crippen LogP contribution >= 0.6 is 0 Å². The molecule has 1 saturated heterocycles. The molecule has 3 rings (SSSR count). The van der Waals surface area contributed by atoms with Gasteiger partial charge in [-0.15, -0.1) is 0 Å². The van der Waals surface area contributed by atoms with Crippen molar-refractivity contribution in [3.8, 4) is 5.75 Å². The fourth-order valence-electron chi connectivity index (χ4n) is 3.34. The molecule has 0 radical (unpaired) electrons. The van der Waals surface area contributed by atoms with Crippen LogP contribution in [0.25, 0.3) is 0 Å². The Hall–Kier alpha value is -1.75. The molecule has 2 aliphatic rings. The molecule has 0 spiro atoms. The molecule has 1 aliphatic carbocycles. The van der Waals surface area contributed by atoms with Crippen molar-refractivity contribution in [3.63, 3.8) is 0 Å². The second-order valence-electron chi connectivity index (χ2n) is 6.87. The lowest BCUT2D eigenvalue weighted by Gasteiger charge is -2.31. The summed E-state index contributed by atoms with van der Waals surface area (Å²) in [6.45, 7) is 2.84. The van der Waals surface area contributed by atoms with Gasteiger partial charge in [-0.2, -0.15) is 0 Å². The third-order valence-corrected chi connectivity index (χ3v) is 4.95. The Morgan fingerprint density at radius 2 is 1.83 bits per heavy atom.